The Morgan fingerprint density at radius 1 is 1.29 bits per heavy atom. The van der Waals surface area contributed by atoms with Crippen molar-refractivity contribution in [3.05, 3.63) is 35.9 Å². The van der Waals surface area contributed by atoms with Gasteiger partial charge in [-0.3, -0.25) is 0 Å². The second-order valence-electron chi connectivity index (χ2n) is 4.06. The topological polar surface area (TPSA) is 66.4 Å². The number of benzene rings is 1. The fourth-order valence-electron chi connectivity index (χ4n) is 1.48. The van der Waals surface area contributed by atoms with Crippen molar-refractivity contribution in [2.24, 2.45) is 0 Å². The Morgan fingerprint density at radius 3 is 2.53 bits per heavy atom. The van der Waals surface area contributed by atoms with Crippen molar-refractivity contribution in [2.75, 3.05) is 18.9 Å². The molecule has 0 aliphatic carbocycles. The van der Waals surface area contributed by atoms with Gasteiger partial charge in [0, 0.05) is 13.2 Å². The lowest BCUT2D eigenvalue weighted by molar-refractivity contribution is 0.295. The third-order valence-corrected chi connectivity index (χ3v) is 3.98. The molecule has 0 aliphatic heterocycles. The fourth-order valence-corrected chi connectivity index (χ4v) is 2.64. The summed E-state index contributed by atoms with van der Waals surface area (Å²) in [5.41, 5.74) is 1.11. The van der Waals surface area contributed by atoms with Gasteiger partial charge in [0.2, 0.25) is 10.0 Å². The number of hydrogen-bond donors (Lipinski definition) is 2. The summed E-state index contributed by atoms with van der Waals surface area (Å²) in [6.07, 6.45) is 0.273. The first kappa shape index (κ1) is 14.2. The van der Waals surface area contributed by atoms with E-state index in [1.807, 2.05) is 37.3 Å². The van der Waals surface area contributed by atoms with Crippen molar-refractivity contribution in [1.82, 2.24) is 4.72 Å². The second kappa shape index (κ2) is 6.74. The van der Waals surface area contributed by atoms with E-state index in [1.165, 1.54) is 0 Å². The minimum Gasteiger partial charge on any atom is -0.396 e. The second-order valence-corrected chi connectivity index (χ2v) is 5.98. The van der Waals surface area contributed by atoms with Crippen LogP contribution in [0.3, 0.4) is 0 Å². The average molecular weight is 257 g/mol. The van der Waals surface area contributed by atoms with Crippen LogP contribution in [0.5, 0.6) is 0 Å². The summed E-state index contributed by atoms with van der Waals surface area (Å²) in [6, 6.07) is 9.76. The van der Waals surface area contributed by atoms with E-state index in [9.17, 15) is 8.42 Å². The Balaban J connectivity index is 2.46. The van der Waals surface area contributed by atoms with E-state index in [0.29, 0.717) is 6.54 Å². The van der Waals surface area contributed by atoms with Gasteiger partial charge in [0.1, 0.15) is 0 Å². The minimum absolute atomic E-state index is 0.0228. The number of aliphatic hydroxyl groups is 1. The van der Waals surface area contributed by atoms with Gasteiger partial charge in [0.15, 0.2) is 0 Å². The van der Waals surface area contributed by atoms with E-state index in [2.05, 4.69) is 4.72 Å². The summed E-state index contributed by atoms with van der Waals surface area (Å²) in [5.74, 6) is 0.116. The van der Waals surface area contributed by atoms with Crippen LogP contribution in [0.25, 0.3) is 0 Å². The van der Waals surface area contributed by atoms with Gasteiger partial charge in [-0.05, 0) is 17.9 Å². The van der Waals surface area contributed by atoms with E-state index in [0.717, 1.165) is 5.56 Å². The van der Waals surface area contributed by atoms with Crippen LogP contribution in [-0.4, -0.2) is 32.4 Å². The number of sulfonamides is 1. The zero-order valence-electron chi connectivity index (χ0n) is 9.96. The molecular weight excluding hydrogens is 238 g/mol. The zero-order valence-corrected chi connectivity index (χ0v) is 10.8. The Morgan fingerprint density at radius 2 is 1.94 bits per heavy atom. The molecule has 1 atom stereocenters. The third-order valence-electron chi connectivity index (χ3n) is 2.55. The van der Waals surface area contributed by atoms with Crippen LogP contribution in [0, 0.1) is 0 Å². The smallest absolute Gasteiger partial charge is 0.211 e. The molecule has 2 N–H and O–H groups in total. The number of hydrogen-bond acceptors (Lipinski definition) is 3. The highest BCUT2D eigenvalue weighted by Crippen LogP contribution is 2.13. The Bertz CT molecular complexity index is 417. The molecule has 1 aromatic carbocycles. The maximum Gasteiger partial charge on any atom is 0.211 e. The lowest BCUT2D eigenvalue weighted by atomic mass is 10.0. The van der Waals surface area contributed by atoms with Crippen molar-refractivity contribution < 1.29 is 13.5 Å². The first-order chi connectivity index (χ1) is 8.05. The maximum atomic E-state index is 11.5. The highest BCUT2D eigenvalue weighted by molar-refractivity contribution is 7.89. The Kier molecular flexibility index (Phi) is 5.61. The van der Waals surface area contributed by atoms with Crippen LogP contribution >= 0.6 is 0 Å². The summed E-state index contributed by atoms with van der Waals surface area (Å²) >= 11 is 0. The molecule has 0 aromatic heterocycles. The summed E-state index contributed by atoms with van der Waals surface area (Å²) in [4.78, 5) is 0. The average Bonchev–Trinajstić information content (AvgIpc) is 2.35. The molecule has 0 saturated carbocycles. The van der Waals surface area contributed by atoms with E-state index < -0.39 is 10.0 Å². The molecule has 4 nitrogen and oxygen atoms in total. The quantitative estimate of drug-likeness (QED) is 0.768. The van der Waals surface area contributed by atoms with Gasteiger partial charge >= 0.3 is 0 Å². The van der Waals surface area contributed by atoms with Crippen molar-refractivity contribution in [3.8, 4) is 0 Å². The van der Waals surface area contributed by atoms with E-state index in [4.69, 9.17) is 5.11 Å². The van der Waals surface area contributed by atoms with Crippen LogP contribution in [-0.2, 0) is 10.0 Å². The molecule has 1 rings (SSSR count). The summed E-state index contributed by atoms with van der Waals surface area (Å²) < 4.78 is 25.6. The van der Waals surface area contributed by atoms with Gasteiger partial charge in [0.05, 0.1) is 5.75 Å². The van der Waals surface area contributed by atoms with Crippen LogP contribution in [0.2, 0.25) is 0 Å². The monoisotopic (exact) mass is 257 g/mol. The molecule has 17 heavy (non-hydrogen) atoms. The molecule has 96 valence electrons. The van der Waals surface area contributed by atoms with Crippen LogP contribution in [0.1, 0.15) is 24.8 Å². The van der Waals surface area contributed by atoms with Crippen molar-refractivity contribution in [2.45, 2.75) is 19.3 Å². The Hall–Kier alpha value is -0.910. The van der Waals surface area contributed by atoms with Gasteiger partial charge in [-0.1, -0.05) is 37.3 Å². The minimum atomic E-state index is -3.26. The molecule has 0 spiro atoms. The van der Waals surface area contributed by atoms with E-state index in [1.54, 1.807) is 0 Å². The third kappa shape index (κ3) is 5.30. The number of rotatable bonds is 7. The van der Waals surface area contributed by atoms with Crippen molar-refractivity contribution >= 4 is 10.0 Å². The molecule has 0 saturated heterocycles. The summed E-state index contributed by atoms with van der Waals surface area (Å²) in [5, 5.41) is 8.59. The molecule has 5 heteroatoms. The SMILES string of the molecule is CC(CNS(=O)(=O)CCCO)c1ccccc1. The van der Waals surface area contributed by atoms with Crippen molar-refractivity contribution in [3.63, 3.8) is 0 Å². The predicted molar refractivity (Wildman–Crippen MR) is 68.3 cm³/mol. The number of nitrogens with one attached hydrogen (secondary N) is 1. The van der Waals surface area contributed by atoms with Crippen LogP contribution in [0.15, 0.2) is 30.3 Å². The molecule has 0 fully saturated rings. The van der Waals surface area contributed by atoms with Crippen molar-refractivity contribution in [1.29, 1.82) is 0 Å². The zero-order chi connectivity index (χ0) is 12.7. The molecule has 1 unspecified atom stereocenters. The first-order valence-corrected chi connectivity index (χ1v) is 7.33. The van der Waals surface area contributed by atoms with Gasteiger partial charge < -0.3 is 5.11 Å². The maximum absolute atomic E-state index is 11.5. The number of aliphatic hydroxyl groups excluding tert-OH is 1. The van der Waals surface area contributed by atoms with Gasteiger partial charge in [-0.2, -0.15) is 0 Å². The Labute approximate surface area is 103 Å². The molecule has 0 bridgehead atoms. The lowest BCUT2D eigenvalue weighted by Gasteiger charge is -2.13. The lowest BCUT2D eigenvalue weighted by Crippen LogP contribution is -2.30. The van der Waals surface area contributed by atoms with E-state index in [-0.39, 0.29) is 24.7 Å². The normalized spacial score (nSPS) is 13.5. The molecule has 0 heterocycles. The predicted octanol–water partition coefficient (Wildman–Crippen LogP) is 1.09. The van der Waals surface area contributed by atoms with Gasteiger partial charge in [0.25, 0.3) is 0 Å². The van der Waals surface area contributed by atoms with Crippen LogP contribution < -0.4 is 4.72 Å². The summed E-state index contributed by atoms with van der Waals surface area (Å²) in [6.45, 7) is 2.26. The molecule has 0 radical (unpaired) electrons. The molecule has 0 aliphatic rings. The largest absolute Gasteiger partial charge is 0.396 e. The highest BCUT2D eigenvalue weighted by Gasteiger charge is 2.12. The standard InChI is InChI=1S/C12H19NO3S/c1-11(12-6-3-2-4-7-12)10-13-17(15,16)9-5-8-14/h2-4,6-7,11,13-14H,5,8-10H2,1H3. The highest BCUT2D eigenvalue weighted by atomic mass is 32.2. The molecular formula is C12H19NO3S. The molecule has 0 amide bonds. The molecule has 1 aromatic rings. The van der Waals surface area contributed by atoms with Gasteiger partial charge in [-0.25, -0.2) is 13.1 Å². The van der Waals surface area contributed by atoms with E-state index >= 15 is 0 Å². The first-order valence-electron chi connectivity index (χ1n) is 5.68. The summed E-state index contributed by atoms with van der Waals surface area (Å²) in [7, 11) is -3.26. The van der Waals surface area contributed by atoms with Crippen LogP contribution in [0.4, 0.5) is 0 Å². The fraction of sp³-hybridized carbons (Fsp3) is 0.500. The van der Waals surface area contributed by atoms with Gasteiger partial charge in [-0.15, -0.1) is 0 Å².